The first-order valence-corrected chi connectivity index (χ1v) is 7.53. The number of aryl methyl sites for hydroxylation is 1. The van der Waals surface area contributed by atoms with E-state index in [1.807, 2.05) is 6.07 Å². The van der Waals surface area contributed by atoms with Crippen molar-refractivity contribution in [3.05, 3.63) is 69.3 Å². The first kappa shape index (κ1) is 16.2. The number of rotatable bonds is 2. The maximum atomic E-state index is 12.9. The SMILES string of the molecule is Cn1c(Cc2c(Cl)[c]ccc2Cl)cc2ccc(C(F)(F)F)cc21. The molecule has 0 unspecified atom stereocenters. The molecule has 0 N–H and O–H groups in total. The summed E-state index contributed by atoms with van der Waals surface area (Å²) < 4.78 is 40.3. The third-order valence-corrected chi connectivity index (χ3v) is 4.51. The van der Waals surface area contributed by atoms with Crippen LogP contribution in [0.3, 0.4) is 0 Å². The molecule has 119 valence electrons. The van der Waals surface area contributed by atoms with Gasteiger partial charge >= 0.3 is 6.18 Å². The van der Waals surface area contributed by atoms with Crippen LogP contribution in [0.15, 0.2) is 36.4 Å². The standard InChI is InChI=1S/C17H11Cl2F3N/c1-23-12(9-13-14(18)3-2-4-15(13)19)7-10-5-6-11(8-16(10)23)17(20,21)22/h2-3,5-8H,9H2,1H3. The molecule has 1 heterocycles. The van der Waals surface area contributed by atoms with E-state index in [1.54, 1.807) is 23.7 Å². The summed E-state index contributed by atoms with van der Waals surface area (Å²) in [5, 5.41) is 1.66. The summed E-state index contributed by atoms with van der Waals surface area (Å²) in [5.41, 5.74) is 1.38. The number of nitrogens with zero attached hydrogens (tertiary/aromatic N) is 1. The van der Waals surface area contributed by atoms with Gasteiger partial charge in [-0.1, -0.05) is 35.3 Å². The highest BCUT2D eigenvalue weighted by Gasteiger charge is 2.30. The minimum absolute atomic E-state index is 0.415. The summed E-state index contributed by atoms with van der Waals surface area (Å²) >= 11 is 12.3. The summed E-state index contributed by atoms with van der Waals surface area (Å²) in [6.45, 7) is 0. The average molecular weight is 357 g/mol. The van der Waals surface area contributed by atoms with Crippen LogP contribution in [-0.4, -0.2) is 4.57 Å². The molecule has 1 radical (unpaired) electrons. The van der Waals surface area contributed by atoms with Crippen molar-refractivity contribution in [2.24, 2.45) is 7.05 Å². The summed E-state index contributed by atoms with van der Waals surface area (Å²) in [7, 11) is 1.73. The van der Waals surface area contributed by atoms with Crippen LogP contribution in [0.1, 0.15) is 16.8 Å². The normalized spacial score (nSPS) is 12.1. The molecular weight excluding hydrogens is 346 g/mol. The minimum Gasteiger partial charge on any atom is -0.347 e. The van der Waals surface area contributed by atoms with Gasteiger partial charge in [-0.05, 0) is 35.2 Å². The second-order valence-corrected chi connectivity index (χ2v) is 6.05. The quantitative estimate of drug-likeness (QED) is 0.539. The Balaban J connectivity index is 2.08. The lowest BCUT2D eigenvalue weighted by atomic mass is 10.1. The molecule has 1 aromatic heterocycles. The predicted molar refractivity (Wildman–Crippen MR) is 86.0 cm³/mol. The van der Waals surface area contributed by atoms with Gasteiger partial charge in [0.1, 0.15) is 0 Å². The Kier molecular flexibility index (Phi) is 4.07. The summed E-state index contributed by atoms with van der Waals surface area (Å²) in [4.78, 5) is 0. The van der Waals surface area contributed by atoms with Gasteiger partial charge in [0.25, 0.3) is 0 Å². The van der Waals surface area contributed by atoms with Crippen molar-refractivity contribution in [2.45, 2.75) is 12.6 Å². The smallest absolute Gasteiger partial charge is 0.347 e. The van der Waals surface area contributed by atoms with Crippen molar-refractivity contribution < 1.29 is 13.2 Å². The molecule has 2 aromatic carbocycles. The van der Waals surface area contributed by atoms with Crippen LogP contribution in [0.5, 0.6) is 0 Å². The van der Waals surface area contributed by atoms with Crippen LogP contribution in [0, 0.1) is 6.07 Å². The molecule has 0 amide bonds. The molecule has 0 spiro atoms. The third-order valence-electron chi connectivity index (χ3n) is 3.82. The van der Waals surface area contributed by atoms with Gasteiger partial charge in [-0.3, -0.25) is 0 Å². The molecule has 0 fully saturated rings. The molecule has 0 aliphatic carbocycles. The molecule has 3 rings (SSSR count). The molecule has 1 nitrogen and oxygen atoms in total. The van der Waals surface area contributed by atoms with E-state index >= 15 is 0 Å². The largest absolute Gasteiger partial charge is 0.416 e. The highest BCUT2D eigenvalue weighted by Crippen LogP contribution is 2.33. The van der Waals surface area contributed by atoms with E-state index in [1.165, 1.54) is 6.07 Å². The fourth-order valence-corrected chi connectivity index (χ4v) is 3.06. The van der Waals surface area contributed by atoms with E-state index in [2.05, 4.69) is 6.07 Å². The third kappa shape index (κ3) is 3.06. The van der Waals surface area contributed by atoms with Crippen molar-refractivity contribution in [1.29, 1.82) is 0 Å². The topological polar surface area (TPSA) is 4.93 Å². The van der Waals surface area contributed by atoms with Crippen molar-refractivity contribution in [2.75, 3.05) is 0 Å². The minimum atomic E-state index is -4.36. The number of aromatic nitrogens is 1. The van der Waals surface area contributed by atoms with E-state index < -0.39 is 11.7 Å². The lowest BCUT2D eigenvalue weighted by Crippen LogP contribution is -2.05. The lowest BCUT2D eigenvalue weighted by Gasteiger charge is -2.09. The van der Waals surface area contributed by atoms with Crippen LogP contribution < -0.4 is 0 Å². The van der Waals surface area contributed by atoms with Crippen LogP contribution in [0.2, 0.25) is 10.0 Å². The van der Waals surface area contributed by atoms with Gasteiger partial charge in [0.05, 0.1) is 10.6 Å². The van der Waals surface area contributed by atoms with E-state index in [4.69, 9.17) is 23.2 Å². The number of hydrogen-bond acceptors (Lipinski definition) is 0. The Bertz CT molecular complexity index is 861. The summed E-state index contributed by atoms with van der Waals surface area (Å²) in [6.07, 6.45) is -3.94. The number of hydrogen-bond donors (Lipinski definition) is 0. The molecule has 0 aliphatic heterocycles. The fourth-order valence-electron chi connectivity index (χ4n) is 2.56. The molecule has 0 bridgehead atoms. The zero-order chi connectivity index (χ0) is 16.8. The maximum Gasteiger partial charge on any atom is 0.416 e. The second-order valence-electron chi connectivity index (χ2n) is 5.26. The highest BCUT2D eigenvalue weighted by atomic mass is 35.5. The lowest BCUT2D eigenvalue weighted by molar-refractivity contribution is -0.137. The van der Waals surface area contributed by atoms with Crippen molar-refractivity contribution in [3.63, 3.8) is 0 Å². The fraction of sp³-hybridized carbons (Fsp3) is 0.176. The molecule has 0 aliphatic rings. The molecular formula is C17H11Cl2F3N. The monoisotopic (exact) mass is 356 g/mol. The van der Waals surface area contributed by atoms with E-state index in [0.29, 0.717) is 27.5 Å². The van der Waals surface area contributed by atoms with Gasteiger partial charge in [-0.15, -0.1) is 0 Å². The summed E-state index contributed by atoms with van der Waals surface area (Å²) in [5.74, 6) is 0. The second kappa shape index (κ2) is 5.77. The Hall–Kier alpha value is -1.65. The van der Waals surface area contributed by atoms with Gasteiger partial charge in [-0.25, -0.2) is 0 Å². The van der Waals surface area contributed by atoms with Gasteiger partial charge in [0, 0.05) is 35.8 Å². The van der Waals surface area contributed by atoms with Crippen LogP contribution in [0.4, 0.5) is 13.2 Å². The zero-order valence-electron chi connectivity index (χ0n) is 12.0. The zero-order valence-corrected chi connectivity index (χ0v) is 13.5. The molecule has 6 heteroatoms. The number of fused-ring (bicyclic) bond motifs is 1. The number of benzene rings is 2. The average Bonchev–Trinajstić information content (AvgIpc) is 2.78. The van der Waals surface area contributed by atoms with E-state index in [9.17, 15) is 13.2 Å². The van der Waals surface area contributed by atoms with Crippen LogP contribution in [0.25, 0.3) is 10.9 Å². The Labute approximate surface area is 141 Å². The maximum absolute atomic E-state index is 12.9. The van der Waals surface area contributed by atoms with Gasteiger partial charge < -0.3 is 4.57 Å². The Morgan fingerprint density at radius 3 is 2.52 bits per heavy atom. The Morgan fingerprint density at radius 2 is 1.87 bits per heavy atom. The van der Waals surface area contributed by atoms with Gasteiger partial charge in [-0.2, -0.15) is 13.2 Å². The van der Waals surface area contributed by atoms with Crippen LogP contribution >= 0.6 is 23.2 Å². The summed E-state index contributed by atoms with van der Waals surface area (Å²) in [6, 6.07) is 11.7. The molecule has 0 atom stereocenters. The number of halogens is 5. The molecule has 0 saturated heterocycles. The molecule has 23 heavy (non-hydrogen) atoms. The predicted octanol–water partition coefficient (Wildman–Crippen LogP) is 5.89. The van der Waals surface area contributed by atoms with Gasteiger partial charge in [0.15, 0.2) is 0 Å². The van der Waals surface area contributed by atoms with Crippen LogP contribution in [-0.2, 0) is 19.6 Å². The highest BCUT2D eigenvalue weighted by molar-refractivity contribution is 6.35. The van der Waals surface area contributed by atoms with E-state index in [-0.39, 0.29) is 0 Å². The first-order chi connectivity index (χ1) is 10.8. The molecule has 0 saturated carbocycles. The first-order valence-electron chi connectivity index (χ1n) is 6.77. The van der Waals surface area contributed by atoms with Crippen molar-refractivity contribution >= 4 is 34.1 Å². The molecule has 3 aromatic rings. The van der Waals surface area contributed by atoms with Crippen molar-refractivity contribution in [3.8, 4) is 0 Å². The van der Waals surface area contributed by atoms with Gasteiger partial charge in [0.2, 0.25) is 0 Å². The number of alkyl halides is 3. The van der Waals surface area contributed by atoms with Crippen molar-refractivity contribution in [1.82, 2.24) is 4.57 Å². The Morgan fingerprint density at radius 1 is 1.13 bits per heavy atom. The van der Waals surface area contributed by atoms with E-state index in [0.717, 1.165) is 23.2 Å².